The molecule has 0 aliphatic rings. The van der Waals surface area contributed by atoms with E-state index in [9.17, 15) is 0 Å². The summed E-state index contributed by atoms with van der Waals surface area (Å²) in [6.45, 7) is 2.10. The van der Waals surface area contributed by atoms with Crippen LogP contribution in [0.25, 0.3) is 5.65 Å². The molecule has 0 aliphatic heterocycles. The van der Waals surface area contributed by atoms with Gasteiger partial charge in [-0.3, -0.25) is 4.40 Å². The Kier molecular flexibility index (Phi) is 2.48. The molecule has 0 saturated heterocycles. The quantitative estimate of drug-likeness (QED) is 0.744. The minimum Gasteiger partial charge on any atom is -0.396 e. The van der Waals surface area contributed by atoms with Crippen molar-refractivity contribution in [2.75, 3.05) is 5.73 Å². The SMILES string of the molecule is Cc1ccccc1Cc1nnc2c(N)cccn12. The maximum absolute atomic E-state index is 5.87. The van der Waals surface area contributed by atoms with Gasteiger partial charge in [-0.2, -0.15) is 0 Å². The van der Waals surface area contributed by atoms with Crippen molar-refractivity contribution < 1.29 is 0 Å². The number of nitrogens with zero attached hydrogens (tertiary/aromatic N) is 3. The second-order valence-corrected chi connectivity index (χ2v) is 4.38. The van der Waals surface area contributed by atoms with Crippen LogP contribution in [0.3, 0.4) is 0 Å². The first-order valence-corrected chi connectivity index (χ1v) is 5.88. The zero-order chi connectivity index (χ0) is 12.5. The van der Waals surface area contributed by atoms with E-state index in [0.717, 1.165) is 17.9 Å². The van der Waals surface area contributed by atoms with Crippen LogP contribution in [0.5, 0.6) is 0 Å². The normalized spacial score (nSPS) is 10.9. The van der Waals surface area contributed by atoms with Crippen LogP contribution in [0.15, 0.2) is 42.6 Å². The number of nitrogens with two attached hydrogens (primary N) is 1. The predicted octanol–water partition coefficient (Wildman–Crippen LogP) is 2.21. The number of fused-ring (bicyclic) bond motifs is 1. The predicted molar refractivity (Wildman–Crippen MR) is 71.4 cm³/mol. The summed E-state index contributed by atoms with van der Waals surface area (Å²) in [7, 11) is 0. The summed E-state index contributed by atoms with van der Waals surface area (Å²) in [5, 5.41) is 8.36. The third-order valence-electron chi connectivity index (χ3n) is 3.15. The molecule has 0 aliphatic carbocycles. The van der Waals surface area contributed by atoms with Crippen molar-refractivity contribution >= 4 is 11.3 Å². The van der Waals surface area contributed by atoms with E-state index in [0.29, 0.717) is 5.69 Å². The number of pyridine rings is 1. The third kappa shape index (κ3) is 1.72. The Hall–Kier alpha value is -2.36. The number of benzene rings is 1. The Morgan fingerprint density at radius 3 is 2.78 bits per heavy atom. The van der Waals surface area contributed by atoms with E-state index in [-0.39, 0.29) is 0 Å². The van der Waals surface area contributed by atoms with Gasteiger partial charge < -0.3 is 5.73 Å². The van der Waals surface area contributed by atoms with E-state index in [2.05, 4.69) is 29.3 Å². The molecule has 18 heavy (non-hydrogen) atoms. The van der Waals surface area contributed by atoms with Gasteiger partial charge in [-0.15, -0.1) is 10.2 Å². The van der Waals surface area contributed by atoms with Crippen molar-refractivity contribution in [2.45, 2.75) is 13.3 Å². The van der Waals surface area contributed by atoms with Gasteiger partial charge in [0.15, 0.2) is 5.65 Å². The van der Waals surface area contributed by atoms with E-state index in [1.807, 2.05) is 34.9 Å². The zero-order valence-corrected chi connectivity index (χ0v) is 10.2. The molecule has 0 saturated carbocycles. The Balaban J connectivity index is 2.06. The molecule has 4 nitrogen and oxygen atoms in total. The Bertz CT molecular complexity index is 700. The topological polar surface area (TPSA) is 56.2 Å². The second-order valence-electron chi connectivity index (χ2n) is 4.38. The smallest absolute Gasteiger partial charge is 0.183 e. The summed E-state index contributed by atoms with van der Waals surface area (Å²) in [5.74, 6) is 0.909. The number of rotatable bonds is 2. The Morgan fingerprint density at radius 2 is 1.94 bits per heavy atom. The lowest BCUT2D eigenvalue weighted by Crippen LogP contribution is -1.99. The van der Waals surface area contributed by atoms with Crippen LogP contribution >= 0.6 is 0 Å². The third-order valence-corrected chi connectivity index (χ3v) is 3.15. The highest BCUT2D eigenvalue weighted by atomic mass is 15.2. The van der Waals surface area contributed by atoms with Crippen LogP contribution in [-0.2, 0) is 6.42 Å². The number of hydrogen-bond donors (Lipinski definition) is 1. The molecular weight excluding hydrogens is 224 g/mol. The maximum Gasteiger partial charge on any atom is 0.183 e. The highest BCUT2D eigenvalue weighted by Gasteiger charge is 2.08. The average molecular weight is 238 g/mol. The molecule has 0 fully saturated rings. The van der Waals surface area contributed by atoms with Crippen molar-refractivity contribution in [1.82, 2.24) is 14.6 Å². The summed E-state index contributed by atoms with van der Waals surface area (Å²) < 4.78 is 1.95. The van der Waals surface area contributed by atoms with E-state index >= 15 is 0 Å². The highest BCUT2D eigenvalue weighted by Crippen LogP contribution is 2.16. The molecular formula is C14H14N4. The zero-order valence-electron chi connectivity index (χ0n) is 10.2. The molecule has 3 aromatic rings. The molecule has 0 atom stereocenters. The lowest BCUT2D eigenvalue weighted by Gasteiger charge is -2.04. The van der Waals surface area contributed by atoms with Gasteiger partial charge >= 0.3 is 0 Å². The lowest BCUT2D eigenvalue weighted by atomic mass is 10.1. The molecule has 0 spiro atoms. The molecule has 4 heteroatoms. The first-order chi connectivity index (χ1) is 8.75. The van der Waals surface area contributed by atoms with Crippen LogP contribution in [-0.4, -0.2) is 14.6 Å². The van der Waals surface area contributed by atoms with Crippen molar-refractivity contribution in [2.24, 2.45) is 0 Å². The Labute approximate surface area is 105 Å². The van der Waals surface area contributed by atoms with Crippen molar-refractivity contribution in [3.05, 3.63) is 59.5 Å². The van der Waals surface area contributed by atoms with Gasteiger partial charge in [-0.1, -0.05) is 24.3 Å². The molecule has 0 amide bonds. The van der Waals surface area contributed by atoms with Gasteiger partial charge in [-0.25, -0.2) is 0 Å². The fourth-order valence-electron chi connectivity index (χ4n) is 2.08. The van der Waals surface area contributed by atoms with Gasteiger partial charge in [0.2, 0.25) is 0 Å². The minimum atomic E-state index is 0.654. The first kappa shape index (κ1) is 10.8. The molecule has 90 valence electrons. The Morgan fingerprint density at radius 1 is 1.11 bits per heavy atom. The highest BCUT2D eigenvalue weighted by molar-refractivity contribution is 5.63. The molecule has 0 unspecified atom stereocenters. The number of hydrogen-bond acceptors (Lipinski definition) is 3. The van der Waals surface area contributed by atoms with Gasteiger partial charge in [0, 0.05) is 12.6 Å². The van der Waals surface area contributed by atoms with Gasteiger partial charge in [0.25, 0.3) is 0 Å². The molecule has 0 bridgehead atoms. The summed E-state index contributed by atoms with van der Waals surface area (Å²) in [5.41, 5.74) is 9.77. The molecule has 2 heterocycles. The monoisotopic (exact) mass is 238 g/mol. The van der Waals surface area contributed by atoms with E-state index in [1.165, 1.54) is 11.1 Å². The standard InChI is InChI=1S/C14H14N4/c1-10-5-2-3-6-11(10)9-13-16-17-14-12(15)7-4-8-18(13)14/h2-8H,9,15H2,1H3. The summed E-state index contributed by atoms with van der Waals surface area (Å²) in [4.78, 5) is 0. The molecule has 2 N–H and O–H groups in total. The van der Waals surface area contributed by atoms with Gasteiger partial charge in [-0.05, 0) is 30.2 Å². The van der Waals surface area contributed by atoms with Crippen LogP contribution in [0.4, 0.5) is 5.69 Å². The second kappa shape index (κ2) is 4.14. The molecule has 3 rings (SSSR count). The van der Waals surface area contributed by atoms with Crippen LogP contribution in [0.2, 0.25) is 0 Å². The number of aromatic nitrogens is 3. The van der Waals surface area contributed by atoms with E-state index < -0.39 is 0 Å². The summed E-state index contributed by atoms with van der Waals surface area (Å²) in [6, 6.07) is 12.0. The van der Waals surface area contributed by atoms with Gasteiger partial charge in [0.05, 0.1) is 5.69 Å². The van der Waals surface area contributed by atoms with Crippen LogP contribution < -0.4 is 5.73 Å². The maximum atomic E-state index is 5.87. The summed E-state index contributed by atoms with van der Waals surface area (Å²) in [6.07, 6.45) is 2.70. The van der Waals surface area contributed by atoms with E-state index in [1.54, 1.807) is 0 Å². The van der Waals surface area contributed by atoms with Crippen molar-refractivity contribution in [1.29, 1.82) is 0 Å². The lowest BCUT2D eigenvalue weighted by molar-refractivity contribution is 0.929. The fourth-order valence-corrected chi connectivity index (χ4v) is 2.08. The van der Waals surface area contributed by atoms with Crippen molar-refractivity contribution in [3.63, 3.8) is 0 Å². The van der Waals surface area contributed by atoms with Gasteiger partial charge in [0.1, 0.15) is 5.82 Å². The average Bonchev–Trinajstić information content (AvgIpc) is 2.77. The van der Waals surface area contributed by atoms with E-state index in [4.69, 9.17) is 5.73 Å². The first-order valence-electron chi connectivity index (χ1n) is 5.88. The number of nitrogen functional groups attached to an aromatic ring is 1. The fraction of sp³-hybridized carbons (Fsp3) is 0.143. The summed E-state index contributed by atoms with van der Waals surface area (Å²) >= 11 is 0. The molecule has 1 aromatic carbocycles. The molecule has 2 aromatic heterocycles. The van der Waals surface area contributed by atoms with Crippen molar-refractivity contribution in [3.8, 4) is 0 Å². The largest absolute Gasteiger partial charge is 0.396 e. The number of aryl methyl sites for hydroxylation is 1. The van der Waals surface area contributed by atoms with Crippen LogP contribution in [0.1, 0.15) is 17.0 Å². The van der Waals surface area contributed by atoms with Crippen LogP contribution in [0, 0.1) is 6.92 Å². The number of anilines is 1. The minimum absolute atomic E-state index is 0.654. The molecule has 0 radical (unpaired) electrons.